The summed E-state index contributed by atoms with van der Waals surface area (Å²) in [5.74, 6) is -0.162. The van der Waals surface area contributed by atoms with Crippen LogP contribution in [0.1, 0.15) is 31.2 Å². The van der Waals surface area contributed by atoms with Crippen molar-refractivity contribution in [2.45, 2.75) is 25.7 Å². The zero-order valence-corrected chi connectivity index (χ0v) is 12.4. The van der Waals surface area contributed by atoms with Crippen LogP contribution in [0.4, 0.5) is 0 Å². The molecule has 0 aliphatic rings. The minimum atomic E-state index is -0.171. The molecule has 0 saturated carbocycles. The van der Waals surface area contributed by atoms with E-state index >= 15 is 0 Å². The molecule has 6 heteroatoms. The number of fused-ring (bicyclic) bond motifs is 1. The summed E-state index contributed by atoms with van der Waals surface area (Å²) >= 11 is 0. The summed E-state index contributed by atoms with van der Waals surface area (Å²) in [6.07, 6.45) is 5.89. The maximum Gasteiger partial charge on any atom is 0.240 e. The van der Waals surface area contributed by atoms with E-state index in [0.29, 0.717) is 23.0 Å². The van der Waals surface area contributed by atoms with Crippen molar-refractivity contribution in [3.05, 3.63) is 46.3 Å². The van der Waals surface area contributed by atoms with Crippen molar-refractivity contribution in [2.24, 2.45) is 5.10 Å². The number of hydrogen-bond acceptors (Lipinski definition) is 4. The van der Waals surface area contributed by atoms with Crippen molar-refractivity contribution in [3.8, 4) is 0 Å². The van der Waals surface area contributed by atoms with Gasteiger partial charge in [0.15, 0.2) is 0 Å². The van der Waals surface area contributed by atoms with E-state index < -0.39 is 0 Å². The van der Waals surface area contributed by atoms with Crippen molar-refractivity contribution in [2.75, 3.05) is 6.54 Å². The number of rotatable bonds is 7. The van der Waals surface area contributed by atoms with Gasteiger partial charge in [-0.3, -0.25) is 9.59 Å². The fraction of sp³-hybridized carbons (Fsp3) is 0.312. The van der Waals surface area contributed by atoms with Crippen molar-refractivity contribution in [1.82, 2.24) is 5.43 Å². The van der Waals surface area contributed by atoms with Gasteiger partial charge < -0.3 is 10.2 Å². The van der Waals surface area contributed by atoms with E-state index in [1.54, 1.807) is 24.3 Å². The molecule has 0 saturated heterocycles. The molecule has 6 nitrogen and oxygen atoms in total. The predicted molar refractivity (Wildman–Crippen MR) is 84.4 cm³/mol. The second kappa shape index (κ2) is 8.09. The quantitative estimate of drug-likeness (QED) is 0.454. The van der Waals surface area contributed by atoms with Gasteiger partial charge in [-0.2, -0.15) is 5.10 Å². The van der Waals surface area contributed by atoms with Crippen LogP contribution >= 0.6 is 0 Å². The average molecular weight is 302 g/mol. The highest BCUT2D eigenvalue weighted by Crippen LogP contribution is 2.09. The van der Waals surface area contributed by atoms with Crippen LogP contribution in [-0.4, -0.2) is 18.7 Å². The van der Waals surface area contributed by atoms with E-state index in [2.05, 4.69) is 16.3 Å². The Morgan fingerprint density at radius 2 is 2.09 bits per heavy atom. The van der Waals surface area contributed by atoms with Crippen LogP contribution in [0.5, 0.6) is 0 Å². The minimum Gasteiger partial charge on any atom is -0.463 e. The van der Waals surface area contributed by atoms with Crippen LogP contribution in [0, 0.1) is 0 Å². The lowest BCUT2D eigenvalue weighted by Gasteiger charge is -1.99. The highest BCUT2D eigenvalue weighted by Gasteiger charge is 2.04. The lowest BCUT2D eigenvalue weighted by atomic mass is 10.2. The summed E-state index contributed by atoms with van der Waals surface area (Å²) in [5.41, 5.74) is 6.83. The van der Waals surface area contributed by atoms with Crippen molar-refractivity contribution >= 4 is 23.1 Å². The molecule has 0 atom stereocenters. The van der Waals surface area contributed by atoms with Crippen LogP contribution in [0.3, 0.4) is 0 Å². The van der Waals surface area contributed by atoms with Crippen molar-refractivity contribution < 1.29 is 14.9 Å². The van der Waals surface area contributed by atoms with Gasteiger partial charge >= 0.3 is 0 Å². The van der Waals surface area contributed by atoms with Gasteiger partial charge in [-0.1, -0.05) is 12.1 Å². The number of unbranched alkanes of at least 4 members (excludes halogenated alkanes) is 2. The Morgan fingerprint density at radius 3 is 2.91 bits per heavy atom. The Labute approximate surface area is 128 Å². The Balaban J connectivity index is 1.95. The maximum atomic E-state index is 12.2. The topological polar surface area (TPSA) is 99.3 Å². The molecule has 1 aromatic heterocycles. The monoisotopic (exact) mass is 302 g/mol. The first-order valence-corrected chi connectivity index (χ1v) is 7.34. The third-order valence-corrected chi connectivity index (χ3v) is 3.25. The number of carbonyl (C=O) groups is 1. The molecule has 1 heterocycles. The molecule has 22 heavy (non-hydrogen) atoms. The average Bonchev–Trinajstić information content (AvgIpc) is 2.54. The molecule has 0 unspecified atom stereocenters. The maximum absolute atomic E-state index is 12.2. The molecule has 1 aromatic carbocycles. The van der Waals surface area contributed by atoms with E-state index in [1.165, 1.54) is 12.5 Å². The standard InChI is InChI=1S/C16H19N3O3/c17-9-5-1-2-8-15(20)19-18-10-12-11-22-14-7-4-3-6-13(14)16(12)21/h3-4,6-7,10-11H,1-2,5,8-9,17H2,(H,19,20)/p+1. The first-order chi connectivity index (χ1) is 10.7. The van der Waals surface area contributed by atoms with Crippen LogP contribution in [0.15, 0.2) is 44.8 Å². The molecule has 1 amide bonds. The molecular formula is C16H20N3O3+. The van der Waals surface area contributed by atoms with Crippen LogP contribution in [0.2, 0.25) is 0 Å². The largest absolute Gasteiger partial charge is 0.463 e. The van der Waals surface area contributed by atoms with E-state index in [9.17, 15) is 9.59 Å². The second-order valence-corrected chi connectivity index (χ2v) is 4.97. The van der Waals surface area contributed by atoms with E-state index in [0.717, 1.165) is 25.8 Å². The number of benzene rings is 1. The highest BCUT2D eigenvalue weighted by molar-refractivity contribution is 5.87. The van der Waals surface area contributed by atoms with Crippen molar-refractivity contribution in [1.29, 1.82) is 0 Å². The molecule has 116 valence electrons. The number of hydrazone groups is 1. The van der Waals surface area contributed by atoms with Gasteiger partial charge in [-0.25, -0.2) is 5.43 Å². The van der Waals surface area contributed by atoms with Gasteiger partial charge in [0.25, 0.3) is 0 Å². The molecule has 0 fully saturated rings. The van der Waals surface area contributed by atoms with Crippen molar-refractivity contribution in [3.63, 3.8) is 0 Å². The van der Waals surface area contributed by atoms with Crippen LogP contribution < -0.4 is 16.6 Å². The van der Waals surface area contributed by atoms with Gasteiger partial charge in [0, 0.05) is 6.42 Å². The smallest absolute Gasteiger partial charge is 0.240 e. The number of quaternary nitrogens is 1. The lowest BCUT2D eigenvalue weighted by Crippen LogP contribution is -2.50. The SMILES string of the molecule is [NH3+]CCCCCC(=O)NN=Cc1coc2ccccc2c1=O. The van der Waals surface area contributed by atoms with E-state index in [4.69, 9.17) is 4.42 Å². The normalized spacial score (nSPS) is 11.1. The Bertz CT molecular complexity index is 722. The van der Waals surface area contributed by atoms with E-state index in [-0.39, 0.29) is 11.3 Å². The summed E-state index contributed by atoms with van der Waals surface area (Å²) in [4.78, 5) is 23.7. The summed E-state index contributed by atoms with van der Waals surface area (Å²) in [6, 6.07) is 6.99. The first-order valence-electron chi connectivity index (χ1n) is 7.34. The first kappa shape index (κ1) is 15.9. The Morgan fingerprint density at radius 1 is 1.27 bits per heavy atom. The number of para-hydroxylation sites is 1. The Hall–Kier alpha value is -2.47. The number of carbonyl (C=O) groups excluding carboxylic acids is 1. The number of nitrogens with zero attached hydrogens (tertiary/aromatic N) is 1. The van der Waals surface area contributed by atoms with Crippen LogP contribution in [0.25, 0.3) is 11.0 Å². The number of amides is 1. The lowest BCUT2D eigenvalue weighted by molar-refractivity contribution is -0.368. The van der Waals surface area contributed by atoms with Crippen LogP contribution in [-0.2, 0) is 4.79 Å². The molecule has 0 radical (unpaired) electrons. The summed E-state index contributed by atoms with van der Waals surface area (Å²) < 4.78 is 5.36. The summed E-state index contributed by atoms with van der Waals surface area (Å²) in [5, 5.41) is 4.30. The number of nitrogens with one attached hydrogen (secondary N) is 1. The highest BCUT2D eigenvalue weighted by atomic mass is 16.3. The van der Waals surface area contributed by atoms with Gasteiger partial charge in [0.05, 0.1) is 23.7 Å². The summed E-state index contributed by atoms with van der Waals surface area (Å²) in [7, 11) is 0. The molecule has 0 aliphatic carbocycles. The summed E-state index contributed by atoms with van der Waals surface area (Å²) in [6.45, 7) is 0.886. The molecule has 2 aromatic rings. The molecule has 4 N–H and O–H groups in total. The van der Waals surface area contributed by atoms with E-state index in [1.807, 2.05) is 0 Å². The number of hydrogen-bond donors (Lipinski definition) is 2. The Kier molecular flexibility index (Phi) is 5.85. The van der Waals surface area contributed by atoms with Gasteiger partial charge in [0.1, 0.15) is 11.8 Å². The predicted octanol–water partition coefficient (Wildman–Crippen LogP) is 1.05. The van der Waals surface area contributed by atoms with Gasteiger partial charge in [-0.05, 0) is 31.4 Å². The minimum absolute atomic E-state index is 0.162. The molecule has 0 bridgehead atoms. The molecular weight excluding hydrogens is 282 g/mol. The second-order valence-electron chi connectivity index (χ2n) is 4.97. The molecule has 0 aliphatic heterocycles. The third-order valence-electron chi connectivity index (χ3n) is 3.25. The molecule has 2 rings (SSSR count). The van der Waals surface area contributed by atoms with Gasteiger partial charge in [0.2, 0.25) is 11.3 Å². The zero-order valence-electron chi connectivity index (χ0n) is 12.4. The third kappa shape index (κ3) is 4.26. The fourth-order valence-electron chi connectivity index (χ4n) is 2.05. The fourth-order valence-corrected chi connectivity index (χ4v) is 2.05. The van der Waals surface area contributed by atoms with Gasteiger partial charge in [-0.15, -0.1) is 0 Å². The zero-order chi connectivity index (χ0) is 15.8. The molecule has 0 spiro atoms.